The second kappa shape index (κ2) is 12.6. The Kier molecular flexibility index (Phi) is 7.75. The van der Waals surface area contributed by atoms with E-state index in [1.807, 2.05) is 0 Å². The Morgan fingerprint density at radius 3 is 1.52 bits per heavy atom. The summed E-state index contributed by atoms with van der Waals surface area (Å²) in [6, 6.07) is 62.5. The number of hydrogen-bond donors (Lipinski definition) is 0. The Bertz CT molecular complexity index is 2790. The van der Waals surface area contributed by atoms with Crippen LogP contribution in [0, 0.1) is 6.92 Å². The third kappa shape index (κ3) is 5.64. The van der Waals surface area contributed by atoms with Crippen molar-refractivity contribution in [1.29, 1.82) is 0 Å². The van der Waals surface area contributed by atoms with Crippen LogP contribution in [-0.2, 0) is 0 Å². The van der Waals surface area contributed by atoms with Crippen LogP contribution in [0.25, 0.3) is 65.3 Å². The molecule has 0 unspecified atom stereocenters. The molecule has 9 rings (SSSR count). The number of hydrogen-bond acceptors (Lipinski definition) is 2. The smallest absolute Gasteiger partial charge is 0.137 e. The van der Waals surface area contributed by atoms with Crippen LogP contribution in [0.3, 0.4) is 0 Å². The molecule has 0 saturated carbocycles. The van der Waals surface area contributed by atoms with Crippen molar-refractivity contribution in [1.82, 2.24) is 4.98 Å². The summed E-state index contributed by atoms with van der Waals surface area (Å²) < 4.78 is 0. The van der Waals surface area contributed by atoms with E-state index in [0.29, 0.717) is 0 Å². The molecule has 2 nitrogen and oxygen atoms in total. The number of fused-ring (bicyclic) bond motifs is 4. The molecule has 0 aliphatic rings. The summed E-state index contributed by atoms with van der Waals surface area (Å²) in [5.41, 5.74) is 8.10. The molecule has 3 heteroatoms. The lowest BCUT2D eigenvalue weighted by Crippen LogP contribution is -2.37. The molecule has 0 spiro atoms. The van der Waals surface area contributed by atoms with Gasteiger partial charge in [-0.05, 0) is 121 Å². The summed E-state index contributed by atoms with van der Waals surface area (Å²) >= 11 is 0. The highest BCUT2D eigenvalue weighted by molar-refractivity contribution is 6.88. The quantitative estimate of drug-likeness (QED) is 0.128. The fourth-order valence-corrected chi connectivity index (χ4v) is 8.96. The molecule has 0 bridgehead atoms. The summed E-state index contributed by atoms with van der Waals surface area (Å²) in [5, 5.41) is 11.3. The van der Waals surface area contributed by atoms with Gasteiger partial charge in [0.25, 0.3) is 0 Å². The molecule has 250 valence electrons. The topological polar surface area (TPSA) is 16.1 Å². The lowest BCUT2D eigenvalue weighted by Gasteiger charge is -2.27. The summed E-state index contributed by atoms with van der Waals surface area (Å²) in [5.74, 6) is 0.905. The van der Waals surface area contributed by atoms with Gasteiger partial charge in [0.2, 0.25) is 0 Å². The van der Waals surface area contributed by atoms with E-state index in [1.54, 1.807) is 0 Å². The Morgan fingerprint density at radius 1 is 0.423 bits per heavy atom. The first-order valence-electron chi connectivity index (χ1n) is 18.1. The molecular weight excluding hydrogens is 645 g/mol. The fraction of sp³-hybridized carbons (Fsp3) is 0.0816. The normalized spacial score (nSPS) is 11.8. The fourth-order valence-electron chi connectivity index (χ4n) is 7.79. The van der Waals surface area contributed by atoms with Crippen molar-refractivity contribution in [2.24, 2.45) is 0 Å². The van der Waals surface area contributed by atoms with Crippen molar-refractivity contribution in [3.05, 3.63) is 176 Å². The van der Waals surface area contributed by atoms with Crippen molar-refractivity contribution in [3.63, 3.8) is 0 Å². The summed E-state index contributed by atoms with van der Waals surface area (Å²) in [6.07, 6.45) is 0. The number of pyridine rings is 1. The minimum atomic E-state index is -1.48. The zero-order valence-electron chi connectivity index (χ0n) is 30.1. The van der Waals surface area contributed by atoms with Gasteiger partial charge in [-0.3, -0.25) is 4.90 Å². The molecule has 52 heavy (non-hydrogen) atoms. The number of nitrogens with zero attached hydrogens (tertiary/aromatic N) is 2. The molecule has 0 amide bonds. The lowest BCUT2D eigenvalue weighted by molar-refractivity contribution is 1.13. The van der Waals surface area contributed by atoms with Crippen molar-refractivity contribution in [2.75, 3.05) is 4.90 Å². The minimum absolute atomic E-state index is 0.905. The van der Waals surface area contributed by atoms with Gasteiger partial charge in [-0.25, -0.2) is 4.98 Å². The molecule has 0 N–H and O–H groups in total. The van der Waals surface area contributed by atoms with E-state index in [9.17, 15) is 0 Å². The van der Waals surface area contributed by atoms with Gasteiger partial charge < -0.3 is 0 Å². The molecular formula is C49H40N2Si. The van der Waals surface area contributed by atoms with Crippen LogP contribution in [0.1, 0.15) is 5.69 Å². The van der Waals surface area contributed by atoms with E-state index in [0.717, 1.165) is 22.9 Å². The monoisotopic (exact) mass is 684 g/mol. The molecule has 0 saturated heterocycles. The van der Waals surface area contributed by atoms with Gasteiger partial charge in [-0.2, -0.15) is 0 Å². The molecule has 0 radical (unpaired) electrons. The van der Waals surface area contributed by atoms with Crippen LogP contribution < -0.4 is 10.1 Å². The Morgan fingerprint density at radius 2 is 0.942 bits per heavy atom. The van der Waals surface area contributed by atoms with Crippen molar-refractivity contribution >= 4 is 73.5 Å². The molecule has 1 heterocycles. The highest BCUT2D eigenvalue weighted by Crippen LogP contribution is 2.47. The van der Waals surface area contributed by atoms with Crippen LogP contribution in [0.15, 0.2) is 170 Å². The summed E-state index contributed by atoms with van der Waals surface area (Å²) in [6.45, 7) is 9.27. The van der Waals surface area contributed by atoms with Gasteiger partial charge in [-0.15, -0.1) is 0 Å². The van der Waals surface area contributed by atoms with Gasteiger partial charge >= 0.3 is 0 Å². The molecule has 9 aromatic rings. The molecule has 0 fully saturated rings. The molecule has 0 atom stereocenters. The van der Waals surface area contributed by atoms with E-state index in [4.69, 9.17) is 4.98 Å². The maximum absolute atomic E-state index is 5.07. The van der Waals surface area contributed by atoms with Crippen LogP contribution in [0.4, 0.5) is 17.2 Å². The first-order chi connectivity index (χ1) is 25.3. The summed E-state index contributed by atoms with van der Waals surface area (Å²) in [7, 11) is -1.48. The average Bonchev–Trinajstić information content (AvgIpc) is 3.16. The van der Waals surface area contributed by atoms with Crippen LogP contribution in [0.5, 0.6) is 0 Å². The lowest BCUT2D eigenvalue weighted by atomic mass is 9.85. The maximum atomic E-state index is 5.07. The van der Waals surface area contributed by atoms with Crippen molar-refractivity contribution in [3.8, 4) is 22.3 Å². The number of rotatable bonds is 6. The van der Waals surface area contributed by atoms with Gasteiger partial charge in [0.15, 0.2) is 0 Å². The predicted molar refractivity (Wildman–Crippen MR) is 228 cm³/mol. The minimum Gasteiger partial charge on any atom is -0.295 e. The number of benzene rings is 8. The van der Waals surface area contributed by atoms with E-state index in [-0.39, 0.29) is 0 Å². The highest BCUT2D eigenvalue weighted by atomic mass is 28.3. The number of anilines is 3. The van der Waals surface area contributed by atoms with Gasteiger partial charge in [0.05, 0.1) is 8.07 Å². The van der Waals surface area contributed by atoms with Gasteiger partial charge in [0, 0.05) is 17.1 Å². The SMILES string of the molecule is Cc1cccc(N(c2ccc([Si](C)(C)C)cc2)c2ccc3c(-c4ccc5ccccc5c4)c4ccccc4c(-c4ccc5ccccc5c4)c3c2)n1. The van der Waals surface area contributed by atoms with Crippen LogP contribution >= 0.6 is 0 Å². The molecule has 1 aromatic heterocycles. The first-order valence-corrected chi connectivity index (χ1v) is 21.6. The van der Waals surface area contributed by atoms with Gasteiger partial charge in [0.1, 0.15) is 5.82 Å². The van der Waals surface area contributed by atoms with Crippen molar-refractivity contribution < 1.29 is 0 Å². The zero-order chi connectivity index (χ0) is 35.4. The van der Waals surface area contributed by atoms with E-state index >= 15 is 0 Å². The Balaban J connectivity index is 1.37. The third-order valence-electron chi connectivity index (χ3n) is 10.4. The van der Waals surface area contributed by atoms with E-state index < -0.39 is 8.07 Å². The summed E-state index contributed by atoms with van der Waals surface area (Å²) in [4.78, 5) is 7.39. The van der Waals surface area contributed by atoms with Crippen molar-refractivity contribution in [2.45, 2.75) is 26.6 Å². The third-order valence-corrected chi connectivity index (χ3v) is 12.5. The molecule has 0 aliphatic carbocycles. The molecule has 8 aromatic carbocycles. The largest absolute Gasteiger partial charge is 0.295 e. The highest BCUT2D eigenvalue weighted by Gasteiger charge is 2.22. The Labute approximate surface area is 306 Å². The van der Waals surface area contributed by atoms with E-state index in [1.165, 1.54) is 70.5 Å². The Hall–Kier alpha value is -6.03. The standard InChI is InChI=1S/C49H40N2Si/c1-33-12-11-19-47(50-33)51(40-24-27-42(28-25-40)52(2,3)4)41-26-29-45-46(32-41)49(39-23-21-35-14-6-8-16-37(35)31-39)44-18-10-9-17-43(44)48(45)38-22-20-34-13-5-7-15-36(34)30-38/h5-32H,1-4H3. The molecule has 0 aliphatic heterocycles. The second-order valence-electron chi connectivity index (χ2n) is 14.9. The van der Waals surface area contributed by atoms with Gasteiger partial charge in [-0.1, -0.05) is 146 Å². The maximum Gasteiger partial charge on any atom is 0.137 e. The van der Waals surface area contributed by atoms with Crippen LogP contribution in [0.2, 0.25) is 19.6 Å². The van der Waals surface area contributed by atoms with Crippen LogP contribution in [-0.4, -0.2) is 13.1 Å². The zero-order valence-corrected chi connectivity index (χ0v) is 31.1. The average molecular weight is 685 g/mol. The second-order valence-corrected chi connectivity index (χ2v) is 20.0. The van der Waals surface area contributed by atoms with E-state index in [2.05, 4.69) is 201 Å². The first kappa shape index (κ1) is 31.9. The number of aryl methyl sites for hydroxylation is 1. The number of aromatic nitrogens is 1. The predicted octanol–water partition coefficient (Wildman–Crippen LogP) is 13.4.